The minimum atomic E-state index is 0.107. The van der Waals surface area contributed by atoms with Crippen molar-refractivity contribution in [3.05, 3.63) is 34.8 Å². The van der Waals surface area contributed by atoms with Crippen molar-refractivity contribution in [1.29, 1.82) is 0 Å². The van der Waals surface area contributed by atoms with Crippen LogP contribution in [0.1, 0.15) is 26.7 Å². The molecule has 2 rings (SSSR count). The summed E-state index contributed by atoms with van der Waals surface area (Å²) in [6.07, 6.45) is 2.54. The highest BCUT2D eigenvalue weighted by atomic mass is 79.9. The van der Waals surface area contributed by atoms with Crippen molar-refractivity contribution in [3.8, 4) is 17.1 Å². The van der Waals surface area contributed by atoms with E-state index < -0.39 is 0 Å². The van der Waals surface area contributed by atoms with Gasteiger partial charge in [-0.3, -0.25) is 0 Å². The zero-order chi connectivity index (χ0) is 15.5. The first-order valence-electron chi connectivity index (χ1n) is 6.93. The molecule has 0 bridgehead atoms. The molecule has 4 nitrogen and oxygen atoms in total. The first kappa shape index (κ1) is 16.0. The number of nitrogens with one attached hydrogen (secondary N) is 1. The minimum Gasteiger partial charge on any atom is -0.496 e. The number of ether oxygens (including phenoxy) is 1. The Kier molecular flexibility index (Phi) is 5.06. The lowest BCUT2D eigenvalue weighted by Gasteiger charge is -2.19. The van der Waals surface area contributed by atoms with Gasteiger partial charge < -0.3 is 14.5 Å². The number of halogens is 1. The van der Waals surface area contributed by atoms with Crippen LogP contribution in [-0.2, 0) is 6.42 Å². The van der Waals surface area contributed by atoms with Gasteiger partial charge in [-0.05, 0) is 54.9 Å². The Bertz CT molecular complexity index is 603. The van der Waals surface area contributed by atoms with E-state index in [0.29, 0.717) is 0 Å². The molecule has 0 fully saturated rings. The summed E-state index contributed by atoms with van der Waals surface area (Å²) in [5.74, 6) is 2.31. The maximum absolute atomic E-state index is 5.80. The van der Waals surface area contributed by atoms with Crippen LogP contribution in [0.15, 0.2) is 33.3 Å². The van der Waals surface area contributed by atoms with Crippen molar-refractivity contribution in [1.82, 2.24) is 10.3 Å². The zero-order valence-electron chi connectivity index (χ0n) is 12.9. The normalized spacial score (nSPS) is 11.7. The molecule has 2 aromatic rings. The Balaban J connectivity index is 2.04. The first-order chi connectivity index (χ1) is 9.89. The molecule has 21 heavy (non-hydrogen) atoms. The maximum Gasteiger partial charge on any atom is 0.196 e. The number of benzene rings is 1. The largest absolute Gasteiger partial charge is 0.496 e. The van der Waals surface area contributed by atoms with E-state index in [9.17, 15) is 0 Å². The fraction of sp³-hybridized carbons (Fsp3) is 0.438. The highest BCUT2D eigenvalue weighted by Gasteiger charge is 2.11. The third-order valence-electron chi connectivity index (χ3n) is 2.98. The van der Waals surface area contributed by atoms with Gasteiger partial charge in [-0.2, -0.15) is 0 Å². The summed E-state index contributed by atoms with van der Waals surface area (Å²) >= 11 is 3.48. The second-order valence-electron chi connectivity index (χ2n) is 5.89. The second kappa shape index (κ2) is 6.62. The molecule has 0 aliphatic rings. The van der Waals surface area contributed by atoms with Gasteiger partial charge in [0, 0.05) is 24.1 Å². The first-order valence-corrected chi connectivity index (χ1v) is 7.72. The smallest absolute Gasteiger partial charge is 0.196 e. The van der Waals surface area contributed by atoms with Crippen molar-refractivity contribution in [2.24, 2.45) is 0 Å². The number of hydrogen-bond acceptors (Lipinski definition) is 4. The number of hydrogen-bond donors (Lipinski definition) is 1. The molecule has 1 aromatic heterocycles. The third kappa shape index (κ3) is 4.58. The van der Waals surface area contributed by atoms with Gasteiger partial charge in [0.2, 0.25) is 0 Å². The van der Waals surface area contributed by atoms with E-state index in [1.54, 1.807) is 13.3 Å². The van der Waals surface area contributed by atoms with Crippen molar-refractivity contribution >= 4 is 15.9 Å². The molecule has 0 spiro atoms. The lowest BCUT2D eigenvalue weighted by molar-refractivity contribution is 0.411. The molecular formula is C16H21BrN2O2. The van der Waals surface area contributed by atoms with E-state index >= 15 is 0 Å². The van der Waals surface area contributed by atoms with Crippen molar-refractivity contribution in [3.63, 3.8) is 0 Å². The summed E-state index contributed by atoms with van der Waals surface area (Å²) in [5.41, 5.74) is 1.08. The quantitative estimate of drug-likeness (QED) is 0.881. The number of rotatable bonds is 5. The summed E-state index contributed by atoms with van der Waals surface area (Å²) in [5, 5.41) is 3.42. The Morgan fingerprint density at radius 2 is 2.10 bits per heavy atom. The van der Waals surface area contributed by atoms with Crippen LogP contribution >= 0.6 is 15.9 Å². The Morgan fingerprint density at radius 1 is 1.33 bits per heavy atom. The molecule has 0 saturated heterocycles. The topological polar surface area (TPSA) is 47.3 Å². The van der Waals surface area contributed by atoms with E-state index in [4.69, 9.17) is 9.15 Å². The van der Waals surface area contributed by atoms with Gasteiger partial charge in [0.1, 0.15) is 5.75 Å². The van der Waals surface area contributed by atoms with Crippen molar-refractivity contribution in [2.75, 3.05) is 13.7 Å². The van der Waals surface area contributed by atoms with Gasteiger partial charge in [0.05, 0.1) is 17.8 Å². The summed E-state index contributed by atoms with van der Waals surface area (Å²) in [7, 11) is 1.65. The van der Waals surface area contributed by atoms with Crippen LogP contribution in [0, 0.1) is 0 Å². The molecule has 0 amide bonds. The average Bonchev–Trinajstić information content (AvgIpc) is 2.86. The Morgan fingerprint density at radius 3 is 2.71 bits per heavy atom. The number of oxazole rings is 1. The molecule has 0 unspecified atom stereocenters. The van der Waals surface area contributed by atoms with Gasteiger partial charge >= 0.3 is 0 Å². The lowest BCUT2D eigenvalue weighted by Crippen LogP contribution is -2.37. The van der Waals surface area contributed by atoms with E-state index in [2.05, 4.69) is 47.0 Å². The van der Waals surface area contributed by atoms with Gasteiger partial charge in [0.25, 0.3) is 0 Å². The average molecular weight is 353 g/mol. The Labute approximate surface area is 134 Å². The van der Waals surface area contributed by atoms with Gasteiger partial charge in [0.15, 0.2) is 11.7 Å². The van der Waals surface area contributed by atoms with E-state index in [1.165, 1.54) is 0 Å². The Hall–Kier alpha value is -1.33. The molecule has 1 N–H and O–H groups in total. The molecule has 0 atom stereocenters. The molecular weight excluding hydrogens is 332 g/mol. The standard InChI is InChI=1S/C16H21BrN2O2/c1-16(2,3)19-8-7-15-18-10-14(21-15)11-5-6-13(20-4)12(17)9-11/h5-6,9-10,19H,7-8H2,1-4H3. The summed E-state index contributed by atoms with van der Waals surface area (Å²) in [6, 6.07) is 5.83. The molecule has 0 aliphatic carbocycles. The van der Waals surface area contributed by atoms with E-state index in [1.807, 2.05) is 18.2 Å². The predicted molar refractivity (Wildman–Crippen MR) is 87.7 cm³/mol. The molecule has 0 saturated carbocycles. The van der Waals surface area contributed by atoms with Crippen molar-refractivity contribution in [2.45, 2.75) is 32.7 Å². The zero-order valence-corrected chi connectivity index (χ0v) is 14.5. The second-order valence-corrected chi connectivity index (χ2v) is 6.75. The van der Waals surface area contributed by atoms with E-state index in [-0.39, 0.29) is 5.54 Å². The van der Waals surface area contributed by atoms with Crippen LogP contribution in [0.3, 0.4) is 0 Å². The number of nitrogens with zero attached hydrogens (tertiary/aromatic N) is 1. The predicted octanol–water partition coefficient (Wildman–Crippen LogP) is 4.04. The van der Waals surface area contributed by atoms with Gasteiger partial charge in [-0.1, -0.05) is 0 Å². The number of aromatic nitrogens is 1. The van der Waals surface area contributed by atoms with Gasteiger partial charge in [-0.15, -0.1) is 0 Å². The van der Waals surface area contributed by atoms with Crippen LogP contribution in [0.2, 0.25) is 0 Å². The molecule has 1 aromatic carbocycles. The van der Waals surface area contributed by atoms with Crippen LogP contribution in [0.25, 0.3) is 11.3 Å². The number of methoxy groups -OCH3 is 1. The monoisotopic (exact) mass is 352 g/mol. The highest BCUT2D eigenvalue weighted by Crippen LogP contribution is 2.30. The fourth-order valence-corrected chi connectivity index (χ4v) is 2.46. The summed E-state index contributed by atoms with van der Waals surface area (Å²) in [4.78, 5) is 4.33. The third-order valence-corrected chi connectivity index (χ3v) is 3.60. The SMILES string of the molecule is COc1ccc(-c2cnc(CCNC(C)(C)C)o2)cc1Br. The molecule has 0 radical (unpaired) electrons. The highest BCUT2D eigenvalue weighted by molar-refractivity contribution is 9.10. The minimum absolute atomic E-state index is 0.107. The van der Waals surface area contributed by atoms with E-state index in [0.717, 1.165) is 40.4 Å². The fourth-order valence-electron chi connectivity index (χ4n) is 1.92. The van der Waals surface area contributed by atoms with Crippen LogP contribution in [-0.4, -0.2) is 24.2 Å². The molecule has 0 aliphatic heterocycles. The lowest BCUT2D eigenvalue weighted by atomic mass is 10.1. The van der Waals surface area contributed by atoms with Crippen LogP contribution in [0.4, 0.5) is 0 Å². The van der Waals surface area contributed by atoms with Crippen LogP contribution in [0.5, 0.6) is 5.75 Å². The van der Waals surface area contributed by atoms with Crippen LogP contribution < -0.4 is 10.1 Å². The summed E-state index contributed by atoms with van der Waals surface area (Å²) < 4.78 is 11.9. The molecule has 5 heteroatoms. The maximum atomic E-state index is 5.80. The van der Waals surface area contributed by atoms with Crippen molar-refractivity contribution < 1.29 is 9.15 Å². The molecule has 1 heterocycles. The molecule has 114 valence electrons. The van der Waals surface area contributed by atoms with Gasteiger partial charge in [-0.25, -0.2) is 4.98 Å². The summed E-state index contributed by atoms with van der Waals surface area (Å²) in [6.45, 7) is 7.27.